The Kier molecular flexibility index (Phi) is 7.61. The molecule has 2 aliphatic heterocycles. The molecule has 0 spiro atoms. The van der Waals surface area contributed by atoms with Gasteiger partial charge in [0.15, 0.2) is 5.84 Å². The number of aryl methyl sites for hydroxylation is 1. The molecular weight excluding hydrogens is 628 g/mol. The third-order valence-electron chi connectivity index (χ3n) is 8.36. The summed E-state index contributed by atoms with van der Waals surface area (Å²) in [6.07, 6.45) is 0.609. The Morgan fingerprint density at radius 2 is 1.46 bits per heavy atom. The van der Waals surface area contributed by atoms with Crippen LogP contribution in [0.4, 0.5) is 5.69 Å². The number of oxime groups is 1. The molecule has 0 amide bonds. The second-order valence-electron chi connectivity index (χ2n) is 11.2. The molecule has 0 saturated heterocycles. The summed E-state index contributed by atoms with van der Waals surface area (Å²) in [6.45, 7) is 2.12. The van der Waals surface area contributed by atoms with E-state index in [2.05, 4.69) is 120 Å². The van der Waals surface area contributed by atoms with Gasteiger partial charge in [-0.05, 0) is 55.5 Å². The molecular formula is C38H29ClN4OS2. The van der Waals surface area contributed by atoms with Gasteiger partial charge in [-0.3, -0.25) is 4.90 Å². The van der Waals surface area contributed by atoms with Crippen molar-refractivity contribution in [2.45, 2.75) is 39.1 Å². The number of anilines is 1. The highest BCUT2D eigenvalue weighted by Crippen LogP contribution is 2.58. The maximum Gasteiger partial charge on any atom is 0.242 e. The lowest BCUT2D eigenvalue weighted by Crippen LogP contribution is -2.47. The lowest BCUT2D eigenvalue weighted by atomic mass is 9.92. The van der Waals surface area contributed by atoms with E-state index in [1.54, 1.807) is 11.8 Å². The number of amidine groups is 1. The molecule has 5 nitrogen and oxygen atoms in total. The number of aromatic nitrogens is 2. The van der Waals surface area contributed by atoms with Crippen LogP contribution in [-0.4, -0.2) is 15.6 Å². The predicted molar refractivity (Wildman–Crippen MR) is 188 cm³/mol. The molecule has 46 heavy (non-hydrogen) atoms. The molecule has 0 bridgehead atoms. The number of para-hydroxylation sites is 2. The monoisotopic (exact) mass is 656 g/mol. The Morgan fingerprint density at radius 1 is 0.804 bits per heavy atom. The standard InChI is InChI=1S/C38H29ClN4OS2/c1-26-35(37(45-31-17-9-4-10-18-31)43(40-26)30-15-7-3-8-16-30)34-25-38(28-21-23-29(39)24-22-28)42(32-19-11-12-20-33(32)46-34)36(41-44-38)27-13-5-2-6-14-27/h2-24,34H,25H2,1H3. The number of hydrogen-bond acceptors (Lipinski definition) is 6. The van der Waals surface area contributed by atoms with Crippen molar-refractivity contribution >= 4 is 46.6 Å². The fourth-order valence-corrected chi connectivity index (χ4v) is 9.07. The van der Waals surface area contributed by atoms with Crippen LogP contribution in [0.2, 0.25) is 5.02 Å². The van der Waals surface area contributed by atoms with Crippen LogP contribution in [-0.2, 0) is 10.6 Å². The SMILES string of the molecule is Cc1nn(-c2ccccc2)c(Sc2ccccc2)c1C1CC2(c3ccc(Cl)cc3)ON=C(c3ccccc3)N2c2ccccc2S1. The number of rotatable bonds is 6. The molecule has 2 unspecified atom stereocenters. The average Bonchev–Trinajstić information content (AvgIpc) is 3.59. The summed E-state index contributed by atoms with van der Waals surface area (Å²) < 4.78 is 2.09. The first-order chi connectivity index (χ1) is 22.6. The van der Waals surface area contributed by atoms with E-state index < -0.39 is 5.72 Å². The van der Waals surface area contributed by atoms with Gasteiger partial charge in [0.05, 0.1) is 17.1 Å². The van der Waals surface area contributed by atoms with E-state index in [0.717, 1.165) is 48.8 Å². The molecule has 0 aliphatic carbocycles. The Hall–Kier alpha value is -4.43. The van der Waals surface area contributed by atoms with Gasteiger partial charge in [-0.25, -0.2) is 4.68 Å². The highest BCUT2D eigenvalue weighted by molar-refractivity contribution is 8.00. The summed E-state index contributed by atoms with van der Waals surface area (Å²) in [4.78, 5) is 11.3. The van der Waals surface area contributed by atoms with E-state index in [1.807, 2.05) is 48.2 Å². The number of thioether (sulfide) groups is 1. The van der Waals surface area contributed by atoms with E-state index in [9.17, 15) is 0 Å². The van der Waals surface area contributed by atoms with Crippen molar-refractivity contribution in [2.75, 3.05) is 4.90 Å². The lowest BCUT2D eigenvalue weighted by Gasteiger charge is -2.38. The van der Waals surface area contributed by atoms with Crippen LogP contribution in [0.1, 0.15) is 34.1 Å². The first-order valence-electron chi connectivity index (χ1n) is 15.1. The number of hydrogen-bond donors (Lipinski definition) is 0. The zero-order valence-corrected chi connectivity index (χ0v) is 27.3. The van der Waals surface area contributed by atoms with Gasteiger partial charge in [-0.2, -0.15) is 5.10 Å². The third kappa shape index (κ3) is 5.09. The number of fused-ring (bicyclic) bond motifs is 3. The molecule has 226 valence electrons. The van der Waals surface area contributed by atoms with Gasteiger partial charge in [0.25, 0.3) is 0 Å². The smallest absolute Gasteiger partial charge is 0.242 e. The van der Waals surface area contributed by atoms with Gasteiger partial charge in [-0.1, -0.05) is 120 Å². The molecule has 3 heterocycles. The normalized spacial score (nSPS) is 18.7. The van der Waals surface area contributed by atoms with E-state index in [1.165, 1.54) is 5.56 Å². The molecule has 6 aromatic rings. The van der Waals surface area contributed by atoms with Crippen LogP contribution in [0.25, 0.3) is 5.69 Å². The van der Waals surface area contributed by atoms with Gasteiger partial charge < -0.3 is 4.84 Å². The maximum atomic E-state index is 6.74. The predicted octanol–water partition coefficient (Wildman–Crippen LogP) is 10.3. The first-order valence-corrected chi connectivity index (χ1v) is 17.2. The minimum absolute atomic E-state index is 0.0316. The van der Waals surface area contributed by atoms with Crippen LogP contribution in [0.15, 0.2) is 159 Å². The summed E-state index contributed by atoms with van der Waals surface area (Å²) >= 11 is 10.0. The molecule has 2 aliphatic rings. The molecule has 8 heteroatoms. The summed E-state index contributed by atoms with van der Waals surface area (Å²) in [5, 5.41) is 11.7. The fraction of sp³-hybridized carbons (Fsp3) is 0.105. The zero-order valence-electron chi connectivity index (χ0n) is 25.0. The summed E-state index contributed by atoms with van der Waals surface area (Å²) in [5.41, 5.74) is 5.29. The van der Waals surface area contributed by atoms with Gasteiger partial charge in [-0.15, -0.1) is 11.8 Å². The largest absolute Gasteiger partial charge is 0.360 e. The number of nitrogens with zero attached hydrogens (tertiary/aromatic N) is 4. The van der Waals surface area contributed by atoms with Gasteiger partial charge >= 0.3 is 0 Å². The van der Waals surface area contributed by atoms with E-state index in [4.69, 9.17) is 26.7 Å². The number of benzene rings is 5. The Balaban J connectivity index is 1.34. The topological polar surface area (TPSA) is 42.6 Å². The van der Waals surface area contributed by atoms with Gasteiger partial charge in [0.1, 0.15) is 5.03 Å². The summed E-state index contributed by atoms with van der Waals surface area (Å²) in [6, 6.07) is 47.7. The van der Waals surface area contributed by atoms with Crippen molar-refractivity contribution in [3.63, 3.8) is 0 Å². The lowest BCUT2D eigenvalue weighted by molar-refractivity contribution is -0.0284. The second kappa shape index (κ2) is 12.1. The fourth-order valence-electron chi connectivity index (χ4n) is 6.27. The molecule has 8 rings (SSSR count). The average molecular weight is 657 g/mol. The van der Waals surface area contributed by atoms with Crippen LogP contribution < -0.4 is 4.90 Å². The highest BCUT2D eigenvalue weighted by Gasteiger charge is 2.53. The van der Waals surface area contributed by atoms with Crippen LogP contribution in [0.3, 0.4) is 0 Å². The maximum absolute atomic E-state index is 6.74. The highest BCUT2D eigenvalue weighted by atomic mass is 35.5. The molecule has 0 fully saturated rings. The van der Waals surface area contributed by atoms with E-state index >= 15 is 0 Å². The van der Waals surface area contributed by atoms with Gasteiger partial charge in [0.2, 0.25) is 5.72 Å². The first kappa shape index (κ1) is 29.0. The molecule has 0 saturated carbocycles. The van der Waals surface area contributed by atoms with Crippen molar-refractivity contribution in [3.05, 3.63) is 167 Å². The summed E-state index contributed by atoms with van der Waals surface area (Å²) in [5.74, 6) is 0.778. The van der Waals surface area contributed by atoms with Crippen molar-refractivity contribution in [1.29, 1.82) is 0 Å². The van der Waals surface area contributed by atoms with Crippen molar-refractivity contribution in [3.8, 4) is 5.69 Å². The molecule has 2 atom stereocenters. The van der Waals surface area contributed by atoms with Crippen molar-refractivity contribution in [2.24, 2.45) is 5.16 Å². The zero-order chi connectivity index (χ0) is 31.1. The molecule has 0 N–H and O–H groups in total. The minimum atomic E-state index is -0.935. The van der Waals surface area contributed by atoms with Crippen LogP contribution >= 0.6 is 35.1 Å². The van der Waals surface area contributed by atoms with Crippen molar-refractivity contribution < 1.29 is 4.84 Å². The van der Waals surface area contributed by atoms with E-state index in [-0.39, 0.29) is 5.25 Å². The number of halogens is 1. The van der Waals surface area contributed by atoms with E-state index in [0.29, 0.717) is 11.4 Å². The Labute approximate surface area is 281 Å². The third-order valence-corrected chi connectivity index (χ3v) is 11.0. The Bertz CT molecular complexity index is 2030. The molecule has 0 radical (unpaired) electrons. The molecule has 5 aromatic carbocycles. The Morgan fingerprint density at radius 3 is 2.20 bits per heavy atom. The minimum Gasteiger partial charge on any atom is -0.360 e. The van der Waals surface area contributed by atoms with Gasteiger partial charge in [0, 0.05) is 43.2 Å². The second-order valence-corrected chi connectivity index (χ2v) is 14.0. The molecule has 1 aromatic heterocycles. The van der Waals surface area contributed by atoms with Crippen LogP contribution in [0, 0.1) is 6.92 Å². The van der Waals surface area contributed by atoms with Crippen LogP contribution in [0.5, 0.6) is 0 Å². The quantitative estimate of drug-likeness (QED) is 0.178. The summed E-state index contributed by atoms with van der Waals surface area (Å²) in [7, 11) is 0. The van der Waals surface area contributed by atoms with Crippen molar-refractivity contribution in [1.82, 2.24) is 9.78 Å².